The molecule has 7 nitrogen and oxygen atoms in total. The maximum absolute atomic E-state index is 14.6. The number of nitrogens with one attached hydrogen (secondary N) is 2. The van der Waals surface area contributed by atoms with Gasteiger partial charge in [-0.15, -0.1) is 0 Å². The molecule has 1 aromatic carbocycles. The summed E-state index contributed by atoms with van der Waals surface area (Å²) in [5.41, 5.74) is 2.99. The fourth-order valence-corrected chi connectivity index (χ4v) is 25.2. The zero-order valence-corrected chi connectivity index (χ0v) is 36.3. The van der Waals surface area contributed by atoms with Crippen molar-refractivity contribution in [2.75, 3.05) is 24.6 Å². The van der Waals surface area contributed by atoms with Crippen LogP contribution in [0.1, 0.15) is 134 Å². The van der Waals surface area contributed by atoms with Crippen LogP contribution in [0.4, 0.5) is 0 Å². The number of aliphatic hydroxyl groups excluding tert-OH is 1. The number of alkyl halides is 3. The van der Waals surface area contributed by atoms with Crippen LogP contribution in [0.2, 0.25) is 0 Å². The first-order valence-electron chi connectivity index (χ1n) is 21.4. The second kappa shape index (κ2) is 15.4. The van der Waals surface area contributed by atoms with Gasteiger partial charge in [-0.1, -0.05) is 0 Å². The number of hydrogen-bond acceptors (Lipinski definition) is 5. The summed E-state index contributed by atoms with van der Waals surface area (Å²) in [5.74, 6) is 2.65. The number of amides is 2. The van der Waals surface area contributed by atoms with E-state index in [-0.39, 0.29) is 40.6 Å². The number of methoxy groups -OCH3 is 1. The summed E-state index contributed by atoms with van der Waals surface area (Å²) in [6, 6.07) is 7.85. The number of esters is 1. The van der Waals surface area contributed by atoms with Gasteiger partial charge in [-0.2, -0.15) is 0 Å². The van der Waals surface area contributed by atoms with Gasteiger partial charge < -0.3 is 4.74 Å². The molecular formula is C46H69IN2O5. The average molecular weight is 857 g/mol. The number of allylic oxidation sites excluding steroid dienone is 1. The molecule has 6 aliphatic rings. The van der Waals surface area contributed by atoms with Gasteiger partial charge in [0.05, 0.1) is 13.0 Å². The minimum atomic E-state index is -1.49. The Balaban J connectivity index is 0.987. The molecule has 4 aliphatic carbocycles. The summed E-state index contributed by atoms with van der Waals surface area (Å²) in [5, 5.41) is 17.7. The third kappa shape index (κ3) is 6.91. The molecule has 9 atom stereocenters. The predicted octanol–water partition coefficient (Wildman–Crippen LogP) is 8.69. The van der Waals surface area contributed by atoms with E-state index < -0.39 is 19.8 Å². The molecule has 0 spiro atoms. The molecule has 2 aliphatic heterocycles. The number of aliphatic hydroxyl groups is 1. The van der Waals surface area contributed by atoms with Crippen molar-refractivity contribution in [1.82, 2.24) is 10.6 Å². The number of halogens is 1. The maximum atomic E-state index is 14.6. The normalized spacial score (nSPS) is 40.2. The molecule has 0 aromatic heterocycles. The number of carbonyl (C=O) groups excluding carboxylic acids is 3. The Morgan fingerprint density at radius 2 is 1.67 bits per heavy atom. The Morgan fingerprint density at radius 1 is 0.907 bits per heavy atom. The van der Waals surface area contributed by atoms with E-state index in [1.165, 1.54) is 42.8 Å². The van der Waals surface area contributed by atoms with Gasteiger partial charge in [0.1, 0.15) is 0 Å². The van der Waals surface area contributed by atoms with E-state index in [2.05, 4.69) is 57.9 Å². The molecular weight excluding hydrogens is 787 g/mol. The van der Waals surface area contributed by atoms with Crippen molar-refractivity contribution in [2.24, 2.45) is 51.8 Å². The number of hydrogen-bond donors (Lipinski definition) is 3. The first-order valence-corrected chi connectivity index (χ1v) is 25.2. The molecule has 4 saturated carbocycles. The van der Waals surface area contributed by atoms with Gasteiger partial charge in [-0.25, -0.2) is 0 Å². The summed E-state index contributed by atoms with van der Waals surface area (Å²) in [7, 11) is 1.45. The van der Waals surface area contributed by atoms with Crippen molar-refractivity contribution in [3.8, 4) is 0 Å². The van der Waals surface area contributed by atoms with Crippen LogP contribution in [0.15, 0.2) is 36.4 Å². The Morgan fingerprint density at radius 3 is 2.39 bits per heavy atom. The Bertz CT molecular complexity index is 1600. The zero-order valence-electron chi connectivity index (χ0n) is 34.1. The van der Waals surface area contributed by atoms with Crippen LogP contribution in [-0.4, -0.2) is 61.0 Å². The number of rotatable bonds is 9. The van der Waals surface area contributed by atoms with E-state index in [1.54, 1.807) is 0 Å². The van der Waals surface area contributed by atoms with Crippen molar-refractivity contribution >= 4 is 37.6 Å². The molecule has 300 valence electrons. The van der Waals surface area contributed by atoms with Gasteiger partial charge in [0.25, 0.3) is 0 Å². The van der Waals surface area contributed by atoms with Crippen LogP contribution in [0.5, 0.6) is 0 Å². The number of ether oxygens (including phenoxy) is 1. The van der Waals surface area contributed by atoms with Gasteiger partial charge in [-0.3, -0.25) is 4.79 Å². The van der Waals surface area contributed by atoms with Gasteiger partial charge in [0.15, 0.2) is 0 Å². The third-order valence-corrected chi connectivity index (χ3v) is 26.1. The van der Waals surface area contributed by atoms with Crippen molar-refractivity contribution in [3.63, 3.8) is 0 Å². The molecule has 2 amide bonds. The second-order valence-electron chi connectivity index (χ2n) is 19.6. The van der Waals surface area contributed by atoms with Gasteiger partial charge >= 0.3 is 274 Å². The molecule has 6 fully saturated rings. The topological polar surface area (TPSA) is 105 Å². The van der Waals surface area contributed by atoms with E-state index in [1.807, 2.05) is 18.2 Å². The summed E-state index contributed by atoms with van der Waals surface area (Å²) in [6.07, 6.45) is 14.3. The van der Waals surface area contributed by atoms with Crippen LogP contribution < -0.4 is 10.6 Å². The van der Waals surface area contributed by atoms with Gasteiger partial charge in [0, 0.05) is 6.54 Å². The average Bonchev–Trinajstić information content (AvgIpc) is 3.57. The Kier molecular flexibility index (Phi) is 11.5. The predicted molar refractivity (Wildman–Crippen MR) is 225 cm³/mol. The number of benzene rings is 1. The molecule has 0 bridgehead atoms. The van der Waals surface area contributed by atoms with Crippen LogP contribution in [0, 0.1) is 51.8 Å². The summed E-state index contributed by atoms with van der Waals surface area (Å²) in [4.78, 5) is 39.6. The molecule has 8 heteroatoms. The second-order valence-corrected chi connectivity index (χ2v) is 27.0. The Hall–Kier alpha value is -1.94. The summed E-state index contributed by atoms with van der Waals surface area (Å²) >= 11 is -1.49. The van der Waals surface area contributed by atoms with Crippen molar-refractivity contribution in [2.45, 2.75) is 138 Å². The standard InChI is InChI=1S/C46H69IN2O5/c1-29(2)34-17-23-46(24-25-47-35(39(34)46)15-16-37-44(5)21-19-38(50)43(3,4)36(44)18-22-45(37,47)6)42(53)48-26-20-30-9-8-10-33(27-30)40(51)49-28-31-11-13-32(14-12-31)41(52)54-7/h8-10,27,31-32,34-39,50H,1,11-26,28H2,2-7H3,(H,48,53)(H,49,51). The molecule has 3 N–H and O–H groups in total. The molecule has 2 heterocycles. The van der Waals surface area contributed by atoms with Crippen molar-refractivity contribution in [1.29, 1.82) is 0 Å². The van der Waals surface area contributed by atoms with Crippen LogP contribution in [0.25, 0.3) is 0 Å². The van der Waals surface area contributed by atoms with Crippen molar-refractivity contribution in [3.05, 3.63) is 47.5 Å². The quantitative estimate of drug-likeness (QED) is 0.0999. The summed E-state index contributed by atoms with van der Waals surface area (Å²) in [6.45, 7) is 18.0. The number of fused-ring (bicyclic) bond motifs is 7. The van der Waals surface area contributed by atoms with Gasteiger partial charge in [0.2, 0.25) is 0 Å². The van der Waals surface area contributed by atoms with E-state index >= 15 is 0 Å². The molecule has 54 heavy (non-hydrogen) atoms. The van der Waals surface area contributed by atoms with Crippen LogP contribution >= 0.6 is 19.8 Å². The SMILES string of the molecule is C=C(C)C1CCC2(C(=O)NCCc3cccc(C(=O)NCC4CCC(C(=O)OC)CC4)c3)CCI3C(CCC4C5(C)CCC(O)C(C)(C)C5CCC43C)C12. The van der Waals surface area contributed by atoms with E-state index in [9.17, 15) is 19.5 Å². The molecule has 7 rings (SSSR count). The van der Waals surface area contributed by atoms with Gasteiger partial charge in [-0.05, 0) is 31.6 Å². The molecule has 9 unspecified atom stereocenters. The number of carbonyl (C=O) groups is 3. The van der Waals surface area contributed by atoms with Crippen LogP contribution in [0.3, 0.4) is 0 Å². The van der Waals surface area contributed by atoms with Crippen molar-refractivity contribution < 1.29 is 24.2 Å². The molecule has 0 radical (unpaired) electrons. The first kappa shape index (κ1) is 40.3. The van der Waals surface area contributed by atoms with E-state index in [0.717, 1.165) is 69.3 Å². The van der Waals surface area contributed by atoms with Crippen LogP contribution in [-0.2, 0) is 20.7 Å². The molecule has 2 saturated heterocycles. The summed E-state index contributed by atoms with van der Waals surface area (Å²) < 4.78 is 7.36. The van der Waals surface area contributed by atoms with E-state index in [0.29, 0.717) is 61.5 Å². The first-order chi connectivity index (χ1) is 25.7. The molecule has 1 aromatic rings. The monoisotopic (exact) mass is 856 g/mol. The zero-order chi connectivity index (χ0) is 38.6. The third-order valence-electron chi connectivity index (χ3n) is 16.6. The minimum absolute atomic E-state index is 0.0127. The fourth-order valence-electron chi connectivity index (χ4n) is 13.6. The Labute approximate surface area is 332 Å². The fraction of sp³-hybridized carbons (Fsp3) is 0.761. The van der Waals surface area contributed by atoms with E-state index in [4.69, 9.17) is 4.74 Å².